The van der Waals surface area contributed by atoms with Crippen LogP contribution in [0.1, 0.15) is 5.69 Å². The maximum atomic E-state index is 12.9. The van der Waals surface area contributed by atoms with Crippen molar-refractivity contribution in [2.75, 3.05) is 0 Å². The maximum absolute atomic E-state index is 12.9. The van der Waals surface area contributed by atoms with Crippen LogP contribution in [-0.4, -0.2) is 13.6 Å². The Labute approximate surface area is 101 Å². The Hall–Kier alpha value is -1.96. The van der Waals surface area contributed by atoms with Crippen LogP contribution >= 0.6 is 0 Å². The Morgan fingerprint density at radius 1 is 1.22 bits per heavy atom. The van der Waals surface area contributed by atoms with Gasteiger partial charge >= 0.3 is 10.1 Å². The summed E-state index contributed by atoms with van der Waals surface area (Å²) < 4.78 is 57.6. The van der Waals surface area contributed by atoms with E-state index in [9.17, 15) is 17.2 Å². The fourth-order valence-corrected chi connectivity index (χ4v) is 2.16. The fourth-order valence-electron chi connectivity index (χ4n) is 1.20. The normalized spacial score (nSPS) is 11.4. The number of halogens is 2. The van der Waals surface area contributed by atoms with Crippen LogP contribution in [0.5, 0.6) is 5.75 Å². The first kappa shape index (κ1) is 12.5. The highest BCUT2D eigenvalue weighted by Crippen LogP contribution is 2.18. The molecule has 0 spiro atoms. The SMILES string of the molecule is O=S(=O)(Cc1ccon1)Oc1ccc(F)c(F)c1. The van der Waals surface area contributed by atoms with Gasteiger partial charge in [-0.25, -0.2) is 8.78 Å². The third kappa shape index (κ3) is 3.04. The summed E-state index contributed by atoms with van der Waals surface area (Å²) in [6.07, 6.45) is 1.21. The summed E-state index contributed by atoms with van der Waals surface area (Å²) in [5.74, 6) is -3.11. The van der Waals surface area contributed by atoms with Gasteiger partial charge in [-0.15, -0.1) is 0 Å². The summed E-state index contributed by atoms with van der Waals surface area (Å²) in [5.41, 5.74) is 0.151. The Balaban J connectivity index is 2.14. The second-order valence-corrected chi connectivity index (χ2v) is 4.92. The molecular weight excluding hydrogens is 268 g/mol. The summed E-state index contributed by atoms with van der Waals surface area (Å²) in [6.45, 7) is 0. The van der Waals surface area contributed by atoms with Gasteiger partial charge in [0, 0.05) is 12.1 Å². The van der Waals surface area contributed by atoms with E-state index in [0.717, 1.165) is 12.1 Å². The van der Waals surface area contributed by atoms with Gasteiger partial charge in [-0.05, 0) is 12.1 Å². The molecular formula is C10H7F2NO4S. The van der Waals surface area contributed by atoms with Gasteiger partial charge in [0.1, 0.15) is 23.5 Å². The zero-order valence-electron chi connectivity index (χ0n) is 8.84. The second kappa shape index (κ2) is 4.73. The molecule has 0 unspecified atom stereocenters. The van der Waals surface area contributed by atoms with Gasteiger partial charge in [0.05, 0.1) is 0 Å². The van der Waals surface area contributed by atoms with Crippen LogP contribution in [0.25, 0.3) is 0 Å². The zero-order valence-corrected chi connectivity index (χ0v) is 9.65. The maximum Gasteiger partial charge on any atom is 0.315 e. The minimum Gasteiger partial charge on any atom is -0.382 e. The standard InChI is InChI=1S/C10H7F2NO4S/c11-9-2-1-8(5-10(9)12)17-18(14,15)6-7-3-4-16-13-7/h1-5H,6H2. The van der Waals surface area contributed by atoms with E-state index in [0.29, 0.717) is 6.07 Å². The molecule has 1 heterocycles. The molecule has 0 aliphatic rings. The highest BCUT2D eigenvalue weighted by molar-refractivity contribution is 7.86. The molecule has 0 N–H and O–H groups in total. The minimum absolute atomic E-state index is 0.151. The predicted molar refractivity (Wildman–Crippen MR) is 56.1 cm³/mol. The molecule has 0 saturated carbocycles. The van der Waals surface area contributed by atoms with E-state index >= 15 is 0 Å². The van der Waals surface area contributed by atoms with Gasteiger partial charge in [0.2, 0.25) is 0 Å². The first-order chi connectivity index (χ1) is 8.46. The molecule has 0 atom stereocenters. The Kier molecular flexibility index (Phi) is 3.28. The summed E-state index contributed by atoms with van der Waals surface area (Å²) >= 11 is 0. The molecule has 0 amide bonds. The molecule has 8 heteroatoms. The number of hydrogen-bond donors (Lipinski definition) is 0. The summed E-state index contributed by atoms with van der Waals surface area (Å²) in [7, 11) is -4.00. The Bertz CT molecular complexity index is 640. The van der Waals surface area contributed by atoms with Crippen molar-refractivity contribution in [3.05, 3.63) is 47.9 Å². The van der Waals surface area contributed by atoms with Crippen molar-refractivity contribution in [1.29, 1.82) is 0 Å². The van der Waals surface area contributed by atoms with E-state index in [1.54, 1.807) is 0 Å². The molecule has 2 aromatic rings. The lowest BCUT2D eigenvalue weighted by Crippen LogP contribution is -2.12. The van der Waals surface area contributed by atoms with E-state index in [1.807, 2.05) is 0 Å². The Morgan fingerprint density at radius 3 is 2.61 bits per heavy atom. The molecule has 1 aromatic heterocycles. The van der Waals surface area contributed by atoms with Gasteiger partial charge in [-0.3, -0.25) is 0 Å². The molecule has 18 heavy (non-hydrogen) atoms. The van der Waals surface area contributed by atoms with E-state index < -0.39 is 27.5 Å². The van der Waals surface area contributed by atoms with Gasteiger partial charge in [-0.2, -0.15) is 8.42 Å². The third-order valence-corrected chi connectivity index (χ3v) is 3.03. The van der Waals surface area contributed by atoms with Crippen molar-refractivity contribution in [1.82, 2.24) is 5.16 Å². The summed E-state index contributed by atoms with van der Waals surface area (Å²) in [5, 5.41) is 3.41. The van der Waals surface area contributed by atoms with Crippen LogP contribution in [-0.2, 0) is 15.9 Å². The monoisotopic (exact) mass is 275 g/mol. The van der Waals surface area contributed by atoms with E-state index in [4.69, 9.17) is 0 Å². The van der Waals surface area contributed by atoms with Crippen molar-refractivity contribution < 1.29 is 25.9 Å². The van der Waals surface area contributed by atoms with Crippen LogP contribution in [0.4, 0.5) is 8.78 Å². The lowest BCUT2D eigenvalue weighted by atomic mass is 10.3. The molecule has 0 bridgehead atoms. The third-order valence-electron chi connectivity index (χ3n) is 1.93. The van der Waals surface area contributed by atoms with Crippen molar-refractivity contribution in [3.8, 4) is 5.75 Å². The average Bonchev–Trinajstić information content (AvgIpc) is 2.75. The molecule has 0 fully saturated rings. The van der Waals surface area contributed by atoms with Crippen LogP contribution < -0.4 is 4.18 Å². The van der Waals surface area contributed by atoms with Gasteiger partial charge in [0.25, 0.3) is 0 Å². The van der Waals surface area contributed by atoms with Crippen LogP contribution in [0, 0.1) is 11.6 Å². The number of aromatic nitrogens is 1. The lowest BCUT2D eigenvalue weighted by Gasteiger charge is -2.05. The fraction of sp³-hybridized carbons (Fsp3) is 0.100. The van der Waals surface area contributed by atoms with Crippen LogP contribution in [0.3, 0.4) is 0 Å². The quantitative estimate of drug-likeness (QED) is 0.796. The lowest BCUT2D eigenvalue weighted by molar-refractivity contribution is 0.412. The topological polar surface area (TPSA) is 69.4 Å². The van der Waals surface area contributed by atoms with E-state index in [1.165, 1.54) is 12.3 Å². The van der Waals surface area contributed by atoms with Crippen molar-refractivity contribution in [2.45, 2.75) is 5.75 Å². The first-order valence-electron chi connectivity index (χ1n) is 4.73. The summed E-state index contributed by atoms with van der Waals surface area (Å²) in [4.78, 5) is 0. The molecule has 5 nitrogen and oxygen atoms in total. The van der Waals surface area contributed by atoms with Crippen LogP contribution in [0.15, 0.2) is 35.1 Å². The molecule has 0 aliphatic heterocycles. The summed E-state index contributed by atoms with van der Waals surface area (Å²) in [6, 6.07) is 3.79. The van der Waals surface area contributed by atoms with Gasteiger partial charge in [-0.1, -0.05) is 5.16 Å². The molecule has 0 aliphatic carbocycles. The minimum atomic E-state index is -4.00. The molecule has 1 aromatic carbocycles. The van der Waals surface area contributed by atoms with Crippen molar-refractivity contribution >= 4 is 10.1 Å². The number of benzene rings is 1. The highest BCUT2D eigenvalue weighted by atomic mass is 32.2. The van der Waals surface area contributed by atoms with Gasteiger partial charge in [0.15, 0.2) is 11.6 Å². The predicted octanol–water partition coefficient (Wildman–Crippen LogP) is 1.86. The average molecular weight is 275 g/mol. The zero-order chi connectivity index (χ0) is 13.2. The van der Waals surface area contributed by atoms with Crippen LogP contribution in [0.2, 0.25) is 0 Å². The van der Waals surface area contributed by atoms with Crippen molar-refractivity contribution in [3.63, 3.8) is 0 Å². The number of rotatable bonds is 4. The molecule has 0 radical (unpaired) electrons. The largest absolute Gasteiger partial charge is 0.382 e. The van der Waals surface area contributed by atoms with E-state index in [-0.39, 0.29) is 11.4 Å². The number of hydrogen-bond acceptors (Lipinski definition) is 5. The van der Waals surface area contributed by atoms with Gasteiger partial charge < -0.3 is 8.71 Å². The Morgan fingerprint density at radius 2 is 2.00 bits per heavy atom. The first-order valence-corrected chi connectivity index (χ1v) is 6.30. The number of nitrogens with zero attached hydrogens (tertiary/aromatic N) is 1. The highest BCUT2D eigenvalue weighted by Gasteiger charge is 2.17. The van der Waals surface area contributed by atoms with Crippen molar-refractivity contribution in [2.24, 2.45) is 0 Å². The molecule has 96 valence electrons. The van der Waals surface area contributed by atoms with E-state index in [2.05, 4.69) is 13.9 Å². The second-order valence-electron chi connectivity index (χ2n) is 3.35. The molecule has 2 rings (SSSR count). The molecule has 0 saturated heterocycles. The smallest absolute Gasteiger partial charge is 0.315 e.